The van der Waals surface area contributed by atoms with E-state index in [1.54, 1.807) is 18.9 Å². The van der Waals surface area contributed by atoms with E-state index >= 15 is 0 Å². The lowest BCUT2D eigenvalue weighted by Crippen LogP contribution is -2.65. The Hall–Kier alpha value is -3.36. The fourth-order valence-electron chi connectivity index (χ4n) is 4.79. The Balaban J connectivity index is 1.52. The SMILES string of the molecule is CCCN1C(=O)c2cc(C(=O)NCc3cccc(OC)c3)nn2CC1(C)C(=O)NC1CCCC1. The third kappa shape index (κ3) is 4.64. The fourth-order valence-corrected chi connectivity index (χ4v) is 4.79. The molecule has 2 heterocycles. The zero-order valence-corrected chi connectivity index (χ0v) is 20.1. The van der Waals surface area contributed by atoms with Gasteiger partial charge in [-0.3, -0.25) is 19.1 Å². The molecule has 1 aliphatic carbocycles. The van der Waals surface area contributed by atoms with E-state index in [9.17, 15) is 14.4 Å². The molecule has 1 fully saturated rings. The molecule has 1 unspecified atom stereocenters. The highest BCUT2D eigenvalue weighted by atomic mass is 16.5. The van der Waals surface area contributed by atoms with Crippen LogP contribution in [-0.4, -0.2) is 57.6 Å². The maximum Gasteiger partial charge on any atom is 0.273 e. The number of benzene rings is 1. The van der Waals surface area contributed by atoms with Crippen molar-refractivity contribution >= 4 is 17.7 Å². The van der Waals surface area contributed by atoms with Crippen LogP contribution >= 0.6 is 0 Å². The van der Waals surface area contributed by atoms with E-state index in [2.05, 4.69) is 15.7 Å². The number of aromatic nitrogens is 2. The van der Waals surface area contributed by atoms with Crippen molar-refractivity contribution in [2.75, 3.05) is 13.7 Å². The summed E-state index contributed by atoms with van der Waals surface area (Å²) < 4.78 is 6.72. The quantitative estimate of drug-likeness (QED) is 0.621. The van der Waals surface area contributed by atoms with Gasteiger partial charge in [-0.25, -0.2) is 0 Å². The predicted octanol–water partition coefficient (Wildman–Crippen LogP) is 2.51. The van der Waals surface area contributed by atoms with Gasteiger partial charge in [0, 0.05) is 25.2 Å². The minimum absolute atomic E-state index is 0.153. The molecule has 0 bridgehead atoms. The van der Waals surface area contributed by atoms with Crippen molar-refractivity contribution in [3.05, 3.63) is 47.3 Å². The summed E-state index contributed by atoms with van der Waals surface area (Å²) in [6.45, 7) is 4.73. The Labute approximate surface area is 199 Å². The molecule has 3 amide bonds. The van der Waals surface area contributed by atoms with Crippen LogP contribution in [0.25, 0.3) is 0 Å². The van der Waals surface area contributed by atoms with Gasteiger partial charge in [-0.05, 0) is 43.9 Å². The fraction of sp³-hybridized carbons (Fsp3) is 0.520. The first-order valence-electron chi connectivity index (χ1n) is 12.0. The molecule has 1 aliphatic heterocycles. The molecule has 1 aromatic carbocycles. The van der Waals surface area contributed by atoms with Crippen LogP contribution in [0.3, 0.4) is 0 Å². The van der Waals surface area contributed by atoms with Gasteiger partial charge in [-0.2, -0.15) is 5.10 Å². The van der Waals surface area contributed by atoms with Crippen LogP contribution in [0.1, 0.15) is 72.5 Å². The van der Waals surface area contributed by atoms with Crippen molar-refractivity contribution in [2.24, 2.45) is 0 Å². The zero-order valence-electron chi connectivity index (χ0n) is 20.1. The molecule has 2 aliphatic rings. The number of carbonyl (C=O) groups excluding carboxylic acids is 3. The summed E-state index contributed by atoms with van der Waals surface area (Å²) in [6.07, 6.45) is 4.87. The van der Waals surface area contributed by atoms with Crippen LogP contribution in [0.5, 0.6) is 5.75 Å². The molecular weight excluding hydrogens is 434 g/mol. The molecule has 0 spiro atoms. The summed E-state index contributed by atoms with van der Waals surface area (Å²) in [6, 6.07) is 9.09. The molecule has 0 saturated heterocycles. The molecule has 34 heavy (non-hydrogen) atoms. The first-order chi connectivity index (χ1) is 16.4. The Bertz CT molecular complexity index is 1080. The van der Waals surface area contributed by atoms with E-state index in [4.69, 9.17) is 4.74 Å². The molecule has 0 radical (unpaired) electrons. The van der Waals surface area contributed by atoms with E-state index in [0.717, 1.165) is 37.7 Å². The number of hydrogen-bond acceptors (Lipinski definition) is 5. The largest absolute Gasteiger partial charge is 0.497 e. The van der Waals surface area contributed by atoms with Crippen LogP contribution < -0.4 is 15.4 Å². The Kier molecular flexibility index (Phi) is 6.90. The van der Waals surface area contributed by atoms with Crippen LogP contribution in [0, 0.1) is 0 Å². The highest BCUT2D eigenvalue weighted by Crippen LogP contribution is 2.29. The summed E-state index contributed by atoms with van der Waals surface area (Å²) in [5.74, 6) is -0.111. The Morgan fingerprint density at radius 1 is 1.24 bits per heavy atom. The van der Waals surface area contributed by atoms with E-state index in [1.807, 2.05) is 31.2 Å². The second-order valence-electron chi connectivity index (χ2n) is 9.29. The standard InChI is InChI=1S/C25H33N5O4/c1-4-12-29-23(32)21-14-20(22(31)26-15-17-8-7-11-19(13-17)34-3)28-30(21)16-25(29,2)24(33)27-18-9-5-6-10-18/h7-8,11,13-14,18H,4-6,9-10,12,15-16H2,1-3H3,(H,26,31)(H,27,33). The van der Waals surface area contributed by atoms with Gasteiger partial charge in [0.15, 0.2) is 5.69 Å². The second-order valence-corrected chi connectivity index (χ2v) is 9.29. The van der Waals surface area contributed by atoms with Gasteiger partial charge < -0.3 is 20.3 Å². The molecule has 2 N–H and O–H groups in total. The summed E-state index contributed by atoms with van der Waals surface area (Å²) in [4.78, 5) is 41.2. The van der Waals surface area contributed by atoms with E-state index < -0.39 is 5.54 Å². The van der Waals surface area contributed by atoms with Crippen molar-refractivity contribution in [3.63, 3.8) is 0 Å². The lowest BCUT2D eigenvalue weighted by molar-refractivity contribution is -0.133. The van der Waals surface area contributed by atoms with Gasteiger partial charge in [0.2, 0.25) is 5.91 Å². The molecular formula is C25H33N5O4. The zero-order chi connectivity index (χ0) is 24.3. The third-order valence-corrected chi connectivity index (χ3v) is 6.74. The molecule has 2 aromatic rings. The van der Waals surface area contributed by atoms with Crippen LogP contribution in [0.15, 0.2) is 30.3 Å². The number of amides is 3. The number of fused-ring (bicyclic) bond motifs is 1. The minimum Gasteiger partial charge on any atom is -0.497 e. The number of methoxy groups -OCH3 is 1. The van der Waals surface area contributed by atoms with E-state index in [0.29, 0.717) is 24.5 Å². The van der Waals surface area contributed by atoms with Crippen molar-refractivity contribution in [2.45, 2.75) is 70.6 Å². The van der Waals surface area contributed by atoms with Crippen molar-refractivity contribution in [1.82, 2.24) is 25.3 Å². The highest BCUT2D eigenvalue weighted by Gasteiger charge is 2.48. The van der Waals surface area contributed by atoms with Gasteiger partial charge in [0.05, 0.1) is 13.7 Å². The van der Waals surface area contributed by atoms with Gasteiger partial charge in [-0.15, -0.1) is 0 Å². The van der Waals surface area contributed by atoms with Crippen molar-refractivity contribution in [3.8, 4) is 5.75 Å². The van der Waals surface area contributed by atoms with E-state index in [1.165, 1.54) is 10.7 Å². The Morgan fingerprint density at radius 3 is 2.71 bits per heavy atom. The number of carbonyl (C=O) groups is 3. The first kappa shape index (κ1) is 23.8. The van der Waals surface area contributed by atoms with Gasteiger partial charge in [-0.1, -0.05) is 31.9 Å². The normalized spacial score (nSPS) is 20.2. The summed E-state index contributed by atoms with van der Waals surface area (Å²) in [5, 5.41) is 10.4. The highest BCUT2D eigenvalue weighted by molar-refractivity contribution is 6.01. The van der Waals surface area contributed by atoms with Gasteiger partial charge in [0.1, 0.15) is 17.0 Å². The number of nitrogens with zero attached hydrogens (tertiary/aromatic N) is 3. The summed E-state index contributed by atoms with van der Waals surface area (Å²) in [7, 11) is 1.59. The number of nitrogens with one attached hydrogen (secondary N) is 2. The maximum absolute atomic E-state index is 13.4. The number of ether oxygens (including phenoxy) is 1. The second kappa shape index (κ2) is 9.87. The van der Waals surface area contributed by atoms with Crippen LogP contribution in [0.2, 0.25) is 0 Å². The summed E-state index contributed by atoms with van der Waals surface area (Å²) >= 11 is 0. The number of rotatable bonds is 8. The number of hydrogen-bond donors (Lipinski definition) is 2. The molecule has 1 atom stereocenters. The van der Waals surface area contributed by atoms with Crippen LogP contribution in [0.4, 0.5) is 0 Å². The van der Waals surface area contributed by atoms with E-state index in [-0.39, 0.29) is 36.0 Å². The first-order valence-corrected chi connectivity index (χ1v) is 12.0. The molecule has 9 heteroatoms. The average molecular weight is 468 g/mol. The lowest BCUT2D eigenvalue weighted by atomic mass is 9.94. The minimum atomic E-state index is -1.07. The molecule has 4 rings (SSSR count). The summed E-state index contributed by atoms with van der Waals surface area (Å²) in [5.41, 5.74) is 0.301. The molecule has 1 saturated carbocycles. The maximum atomic E-state index is 13.4. The topological polar surface area (TPSA) is 106 Å². The van der Waals surface area contributed by atoms with Gasteiger partial charge >= 0.3 is 0 Å². The van der Waals surface area contributed by atoms with Crippen LogP contribution in [-0.2, 0) is 17.9 Å². The Morgan fingerprint density at radius 2 is 2.00 bits per heavy atom. The average Bonchev–Trinajstić information content (AvgIpc) is 3.50. The van der Waals surface area contributed by atoms with Crippen molar-refractivity contribution < 1.29 is 19.1 Å². The molecule has 182 valence electrons. The van der Waals surface area contributed by atoms with Gasteiger partial charge in [0.25, 0.3) is 11.8 Å². The lowest BCUT2D eigenvalue weighted by Gasteiger charge is -2.43. The smallest absolute Gasteiger partial charge is 0.273 e. The monoisotopic (exact) mass is 467 g/mol. The predicted molar refractivity (Wildman–Crippen MR) is 127 cm³/mol. The molecule has 9 nitrogen and oxygen atoms in total. The molecule has 1 aromatic heterocycles. The van der Waals surface area contributed by atoms with Crippen molar-refractivity contribution in [1.29, 1.82) is 0 Å². The third-order valence-electron chi connectivity index (χ3n) is 6.74.